The van der Waals surface area contributed by atoms with Gasteiger partial charge in [-0.15, -0.1) is 0 Å². The Bertz CT molecular complexity index is 99.1. The van der Waals surface area contributed by atoms with Gasteiger partial charge in [0.2, 0.25) is 0 Å². The number of quaternary nitrogens is 1. The first-order valence-corrected chi connectivity index (χ1v) is 3.61. The Morgan fingerprint density at radius 3 is 2.33 bits per heavy atom. The zero-order valence-corrected chi connectivity index (χ0v) is 6.72. The van der Waals surface area contributed by atoms with Gasteiger partial charge in [0.1, 0.15) is 6.67 Å². The summed E-state index contributed by atoms with van der Waals surface area (Å²) in [6.45, 7) is 3.83. The SMILES string of the molecule is CN1CCC[N+](C)(C)C1. The van der Waals surface area contributed by atoms with Crippen molar-refractivity contribution < 1.29 is 4.48 Å². The Balaban J connectivity index is 2.41. The molecule has 0 saturated carbocycles. The van der Waals surface area contributed by atoms with Gasteiger partial charge in [-0.1, -0.05) is 0 Å². The largest absolute Gasteiger partial charge is 0.316 e. The first kappa shape index (κ1) is 7.03. The Labute approximate surface area is 57.7 Å². The monoisotopic (exact) mass is 129 g/mol. The molecule has 9 heavy (non-hydrogen) atoms. The summed E-state index contributed by atoms with van der Waals surface area (Å²) in [5.74, 6) is 0. The van der Waals surface area contributed by atoms with E-state index in [4.69, 9.17) is 0 Å². The molecule has 54 valence electrons. The van der Waals surface area contributed by atoms with Crippen LogP contribution in [0.5, 0.6) is 0 Å². The standard InChI is InChI=1S/C7H17N2/c1-8-5-4-6-9(2,3)7-8/h4-7H2,1-3H3/q+1. The molecule has 0 atom stereocenters. The van der Waals surface area contributed by atoms with Crippen LogP contribution in [0.1, 0.15) is 6.42 Å². The Kier molecular flexibility index (Phi) is 1.78. The van der Waals surface area contributed by atoms with Crippen molar-refractivity contribution in [3.05, 3.63) is 0 Å². The van der Waals surface area contributed by atoms with E-state index in [-0.39, 0.29) is 0 Å². The molecule has 0 unspecified atom stereocenters. The van der Waals surface area contributed by atoms with Crippen LogP contribution in [0.25, 0.3) is 0 Å². The number of rotatable bonds is 0. The molecule has 2 nitrogen and oxygen atoms in total. The molecule has 0 amide bonds. The highest BCUT2D eigenvalue weighted by molar-refractivity contribution is 4.51. The smallest absolute Gasteiger partial charge is 0.134 e. The molecule has 0 aromatic rings. The van der Waals surface area contributed by atoms with E-state index in [2.05, 4.69) is 26.0 Å². The van der Waals surface area contributed by atoms with Crippen molar-refractivity contribution in [3.8, 4) is 0 Å². The van der Waals surface area contributed by atoms with E-state index >= 15 is 0 Å². The molecule has 0 aliphatic carbocycles. The summed E-state index contributed by atoms with van der Waals surface area (Å²) in [6.07, 6.45) is 1.35. The maximum absolute atomic E-state index is 2.39. The van der Waals surface area contributed by atoms with Crippen molar-refractivity contribution in [2.45, 2.75) is 6.42 Å². The van der Waals surface area contributed by atoms with Crippen LogP contribution in [0, 0.1) is 0 Å². The van der Waals surface area contributed by atoms with E-state index in [0.29, 0.717) is 0 Å². The molecule has 1 saturated heterocycles. The van der Waals surface area contributed by atoms with E-state index in [1.54, 1.807) is 0 Å². The summed E-state index contributed by atoms with van der Waals surface area (Å²) in [6, 6.07) is 0. The molecular weight excluding hydrogens is 112 g/mol. The molecule has 2 heteroatoms. The Morgan fingerprint density at radius 1 is 1.33 bits per heavy atom. The lowest BCUT2D eigenvalue weighted by molar-refractivity contribution is -0.905. The van der Waals surface area contributed by atoms with Gasteiger partial charge in [0, 0.05) is 13.0 Å². The second kappa shape index (κ2) is 2.27. The molecular formula is C7H17N2+. The molecule has 0 N–H and O–H groups in total. The van der Waals surface area contributed by atoms with Crippen molar-refractivity contribution in [2.75, 3.05) is 40.9 Å². The van der Waals surface area contributed by atoms with Crippen LogP contribution >= 0.6 is 0 Å². The third-order valence-electron chi connectivity index (χ3n) is 1.93. The highest BCUT2D eigenvalue weighted by Crippen LogP contribution is 2.07. The minimum Gasteiger partial charge on any atom is -0.316 e. The third kappa shape index (κ3) is 1.95. The zero-order chi connectivity index (χ0) is 6.91. The third-order valence-corrected chi connectivity index (χ3v) is 1.93. The van der Waals surface area contributed by atoms with Gasteiger partial charge < -0.3 is 4.48 Å². The highest BCUT2D eigenvalue weighted by Gasteiger charge is 2.21. The first-order valence-electron chi connectivity index (χ1n) is 3.61. The fourth-order valence-electron chi connectivity index (χ4n) is 1.56. The normalized spacial score (nSPS) is 28.3. The van der Waals surface area contributed by atoms with Crippen LogP contribution in [0.4, 0.5) is 0 Å². The topological polar surface area (TPSA) is 3.24 Å². The summed E-state index contributed by atoms with van der Waals surface area (Å²) in [7, 11) is 6.77. The van der Waals surface area contributed by atoms with Gasteiger partial charge in [0.25, 0.3) is 0 Å². The number of hydrogen-bond acceptors (Lipinski definition) is 1. The molecule has 1 fully saturated rings. The second-order valence-corrected chi connectivity index (χ2v) is 3.73. The molecule has 1 aliphatic rings. The fraction of sp³-hybridized carbons (Fsp3) is 1.00. The van der Waals surface area contributed by atoms with Gasteiger partial charge in [-0.05, 0) is 7.05 Å². The molecule has 0 radical (unpaired) electrons. The summed E-state index contributed by atoms with van der Waals surface area (Å²) in [5, 5.41) is 0. The van der Waals surface area contributed by atoms with E-state index in [1.165, 1.54) is 26.2 Å². The summed E-state index contributed by atoms with van der Waals surface area (Å²) in [5.41, 5.74) is 0. The van der Waals surface area contributed by atoms with Crippen molar-refractivity contribution in [1.29, 1.82) is 0 Å². The summed E-state index contributed by atoms with van der Waals surface area (Å²) >= 11 is 0. The van der Waals surface area contributed by atoms with E-state index in [9.17, 15) is 0 Å². The van der Waals surface area contributed by atoms with E-state index < -0.39 is 0 Å². The number of nitrogens with zero attached hydrogens (tertiary/aromatic N) is 2. The lowest BCUT2D eigenvalue weighted by atomic mass is 10.3. The predicted molar refractivity (Wildman–Crippen MR) is 39.1 cm³/mol. The van der Waals surface area contributed by atoms with Crippen LogP contribution in [0.3, 0.4) is 0 Å². The second-order valence-electron chi connectivity index (χ2n) is 3.73. The van der Waals surface area contributed by atoms with Gasteiger partial charge in [-0.25, -0.2) is 0 Å². The van der Waals surface area contributed by atoms with Gasteiger partial charge in [0.05, 0.1) is 20.6 Å². The fourth-order valence-corrected chi connectivity index (χ4v) is 1.56. The average Bonchev–Trinajstić information content (AvgIpc) is 1.60. The Morgan fingerprint density at radius 2 is 2.00 bits per heavy atom. The summed E-state index contributed by atoms with van der Waals surface area (Å²) < 4.78 is 1.16. The Hall–Kier alpha value is -0.0800. The summed E-state index contributed by atoms with van der Waals surface area (Å²) in [4.78, 5) is 2.39. The molecule has 1 rings (SSSR count). The highest BCUT2D eigenvalue weighted by atomic mass is 15.4. The minimum absolute atomic E-state index is 1.16. The lowest BCUT2D eigenvalue weighted by Gasteiger charge is -2.38. The lowest BCUT2D eigenvalue weighted by Crippen LogP contribution is -2.52. The average molecular weight is 129 g/mol. The molecule has 1 aliphatic heterocycles. The van der Waals surface area contributed by atoms with Crippen molar-refractivity contribution in [1.82, 2.24) is 4.90 Å². The van der Waals surface area contributed by atoms with Crippen LogP contribution in [-0.4, -0.2) is 50.3 Å². The molecule has 0 bridgehead atoms. The van der Waals surface area contributed by atoms with Gasteiger partial charge in [0.15, 0.2) is 0 Å². The quantitative estimate of drug-likeness (QED) is 0.427. The molecule has 1 heterocycles. The van der Waals surface area contributed by atoms with Gasteiger partial charge in [-0.2, -0.15) is 0 Å². The van der Waals surface area contributed by atoms with Crippen molar-refractivity contribution >= 4 is 0 Å². The molecule has 0 spiro atoms. The maximum atomic E-state index is 2.39. The van der Waals surface area contributed by atoms with Crippen LogP contribution in [0.2, 0.25) is 0 Å². The molecule has 0 aromatic carbocycles. The molecule has 0 aromatic heterocycles. The zero-order valence-electron chi connectivity index (χ0n) is 6.72. The van der Waals surface area contributed by atoms with Crippen LogP contribution in [-0.2, 0) is 0 Å². The maximum Gasteiger partial charge on any atom is 0.134 e. The predicted octanol–water partition coefficient (Wildman–Crippen LogP) is 0.356. The minimum atomic E-state index is 1.16. The van der Waals surface area contributed by atoms with Crippen molar-refractivity contribution in [2.24, 2.45) is 0 Å². The van der Waals surface area contributed by atoms with E-state index in [0.717, 1.165) is 4.48 Å². The number of hydrogen-bond donors (Lipinski definition) is 0. The van der Waals surface area contributed by atoms with Crippen LogP contribution in [0.15, 0.2) is 0 Å². The van der Waals surface area contributed by atoms with Gasteiger partial charge >= 0.3 is 0 Å². The van der Waals surface area contributed by atoms with Gasteiger partial charge in [-0.3, -0.25) is 4.90 Å². The first-order chi connectivity index (χ1) is 4.10. The van der Waals surface area contributed by atoms with E-state index in [1.807, 2.05) is 0 Å². The van der Waals surface area contributed by atoms with Crippen LogP contribution < -0.4 is 0 Å². The van der Waals surface area contributed by atoms with Crippen molar-refractivity contribution in [3.63, 3.8) is 0 Å².